The van der Waals surface area contributed by atoms with Gasteiger partial charge < -0.3 is 24.1 Å². The molecule has 0 aliphatic carbocycles. The van der Waals surface area contributed by atoms with Gasteiger partial charge in [-0.1, -0.05) is 6.08 Å². The van der Waals surface area contributed by atoms with Gasteiger partial charge in [-0.25, -0.2) is 0 Å². The second-order valence-corrected chi connectivity index (χ2v) is 6.18. The summed E-state index contributed by atoms with van der Waals surface area (Å²) < 4.78 is 23.8. The molecule has 0 aromatic carbocycles. The van der Waals surface area contributed by atoms with E-state index in [9.17, 15) is 0 Å². The maximum absolute atomic E-state index is 9.07. The van der Waals surface area contributed by atoms with Crippen LogP contribution in [0.25, 0.3) is 0 Å². The summed E-state index contributed by atoms with van der Waals surface area (Å²) in [5.41, 5.74) is 0. The first-order chi connectivity index (χ1) is 10.1. The highest BCUT2D eigenvalue weighted by Crippen LogP contribution is 2.33. The minimum atomic E-state index is -0.549. The summed E-state index contributed by atoms with van der Waals surface area (Å²) in [6.45, 7) is 8.79. The van der Waals surface area contributed by atoms with E-state index in [4.69, 9.17) is 24.1 Å². The van der Waals surface area contributed by atoms with Gasteiger partial charge in [-0.3, -0.25) is 0 Å². The Hall–Kier alpha value is -0.460. The fraction of sp³-hybridized carbons (Fsp3) is 0.875. The predicted molar refractivity (Wildman–Crippen MR) is 79.1 cm³/mol. The van der Waals surface area contributed by atoms with Gasteiger partial charge in [-0.2, -0.15) is 0 Å². The van der Waals surface area contributed by atoms with Crippen molar-refractivity contribution in [3.63, 3.8) is 0 Å². The number of aliphatic hydroxyl groups excluding tert-OH is 1. The van der Waals surface area contributed by atoms with E-state index in [1.807, 2.05) is 13.8 Å². The van der Waals surface area contributed by atoms with Gasteiger partial charge in [0.15, 0.2) is 5.79 Å². The molecule has 2 aliphatic heterocycles. The normalized spacial score (nSPS) is 35.8. The van der Waals surface area contributed by atoms with Crippen LogP contribution in [-0.2, 0) is 18.9 Å². The van der Waals surface area contributed by atoms with Crippen LogP contribution in [0.2, 0.25) is 0 Å². The maximum atomic E-state index is 9.07. The zero-order valence-corrected chi connectivity index (χ0v) is 13.1. The van der Waals surface area contributed by atoms with Crippen LogP contribution in [0.3, 0.4) is 0 Å². The molecule has 0 spiro atoms. The lowest BCUT2D eigenvalue weighted by Crippen LogP contribution is -2.50. The lowest BCUT2D eigenvalue weighted by atomic mass is 10.0. The number of ether oxygens (including phenoxy) is 4. The molecule has 0 amide bonds. The van der Waals surface area contributed by atoms with Crippen molar-refractivity contribution in [1.82, 2.24) is 0 Å². The zero-order chi connectivity index (χ0) is 15.3. The summed E-state index contributed by atoms with van der Waals surface area (Å²) in [4.78, 5) is 0. The summed E-state index contributed by atoms with van der Waals surface area (Å²) >= 11 is 0. The fourth-order valence-corrected chi connectivity index (χ4v) is 2.99. The molecule has 5 nitrogen and oxygen atoms in total. The van der Waals surface area contributed by atoms with Crippen LogP contribution in [0.4, 0.5) is 0 Å². The quantitative estimate of drug-likeness (QED) is 0.761. The van der Waals surface area contributed by atoms with Crippen molar-refractivity contribution in [2.45, 2.75) is 69.7 Å². The number of fused-ring (bicyclic) bond motifs is 1. The van der Waals surface area contributed by atoms with Crippen molar-refractivity contribution in [3.8, 4) is 0 Å². The lowest BCUT2D eigenvalue weighted by molar-refractivity contribution is -0.313. The molecule has 5 heteroatoms. The highest BCUT2D eigenvalue weighted by Gasteiger charge is 2.42. The molecule has 1 N–H and O–H groups in total. The van der Waals surface area contributed by atoms with Crippen molar-refractivity contribution in [3.05, 3.63) is 12.7 Å². The number of rotatable bonds is 6. The van der Waals surface area contributed by atoms with Crippen LogP contribution in [0.15, 0.2) is 12.7 Å². The van der Waals surface area contributed by atoms with Gasteiger partial charge in [-0.05, 0) is 39.5 Å². The summed E-state index contributed by atoms with van der Waals surface area (Å²) in [7, 11) is 0. The van der Waals surface area contributed by atoms with E-state index in [0.717, 1.165) is 19.3 Å². The first-order valence-electron chi connectivity index (χ1n) is 7.86. The number of hydrogen-bond acceptors (Lipinski definition) is 5. The Morgan fingerprint density at radius 1 is 1.33 bits per heavy atom. The van der Waals surface area contributed by atoms with Crippen LogP contribution >= 0.6 is 0 Å². The highest BCUT2D eigenvalue weighted by atomic mass is 16.7. The van der Waals surface area contributed by atoms with E-state index in [1.165, 1.54) is 0 Å². The monoisotopic (exact) mass is 300 g/mol. The van der Waals surface area contributed by atoms with Gasteiger partial charge in [0.2, 0.25) is 0 Å². The van der Waals surface area contributed by atoms with Crippen LogP contribution < -0.4 is 0 Å². The summed E-state index contributed by atoms with van der Waals surface area (Å²) in [5.74, 6) is -0.549. The smallest absolute Gasteiger partial charge is 0.163 e. The molecular weight excluding hydrogens is 272 g/mol. The van der Waals surface area contributed by atoms with Gasteiger partial charge in [0.1, 0.15) is 6.10 Å². The summed E-state index contributed by atoms with van der Waals surface area (Å²) in [6, 6.07) is 0. The second-order valence-electron chi connectivity index (χ2n) is 6.18. The Balaban J connectivity index is 2.01. The Labute approximate surface area is 127 Å². The van der Waals surface area contributed by atoms with Crippen molar-refractivity contribution < 1.29 is 24.1 Å². The molecule has 0 bridgehead atoms. The average molecular weight is 300 g/mol. The average Bonchev–Trinajstić information content (AvgIpc) is 2.61. The minimum absolute atomic E-state index is 0.0202. The lowest BCUT2D eigenvalue weighted by Gasteiger charge is -2.40. The van der Waals surface area contributed by atoms with Crippen LogP contribution in [0.5, 0.6) is 0 Å². The molecule has 2 heterocycles. The van der Waals surface area contributed by atoms with E-state index in [2.05, 4.69) is 6.58 Å². The predicted octanol–water partition coefficient (Wildman–Crippen LogP) is 2.03. The van der Waals surface area contributed by atoms with Gasteiger partial charge >= 0.3 is 0 Å². The van der Waals surface area contributed by atoms with E-state index in [1.54, 1.807) is 6.08 Å². The molecule has 4 atom stereocenters. The van der Waals surface area contributed by atoms with Crippen molar-refractivity contribution >= 4 is 0 Å². The molecule has 2 rings (SSSR count). The molecule has 0 saturated carbocycles. The van der Waals surface area contributed by atoms with E-state index in [0.29, 0.717) is 19.6 Å². The molecular formula is C16H28O5. The van der Waals surface area contributed by atoms with Crippen molar-refractivity contribution in [2.75, 3.05) is 19.8 Å². The third-order valence-electron chi connectivity index (χ3n) is 4.02. The molecule has 0 aromatic rings. The Morgan fingerprint density at radius 2 is 2.14 bits per heavy atom. The first kappa shape index (κ1) is 16.9. The topological polar surface area (TPSA) is 57.2 Å². The Kier molecular flexibility index (Phi) is 6.20. The van der Waals surface area contributed by atoms with Crippen LogP contribution in [0, 0.1) is 0 Å². The fourth-order valence-electron chi connectivity index (χ4n) is 2.99. The molecule has 0 unspecified atom stereocenters. The molecule has 2 aliphatic rings. The molecule has 0 aromatic heterocycles. The van der Waals surface area contributed by atoms with Gasteiger partial charge in [0.05, 0.1) is 31.5 Å². The molecule has 2 saturated heterocycles. The third kappa shape index (κ3) is 4.76. The summed E-state index contributed by atoms with van der Waals surface area (Å²) in [6.07, 6.45) is 5.02. The maximum Gasteiger partial charge on any atom is 0.163 e. The molecule has 21 heavy (non-hydrogen) atoms. The van der Waals surface area contributed by atoms with E-state index in [-0.39, 0.29) is 31.0 Å². The number of hydrogen-bond donors (Lipinski definition) is 1. The Bertz CT molecular complexity index is 331. The van der Waals surface area contributed by atoms with Crippen molar-refractivity contribution in [2.24, 2.45) is 0 Å². The van der Waals surface area contributed by atoms with Crippen LogP contribution in [0.1, 0.15) is 39.5 Å². The SMILES string of the molecule is C=CCO[C@@H]1CC[C@@H]2OC(C)(C)OC[C@H]2O[C@H]1CCCO. The van der Waals surface area contributed by atoms with E-state index < -0.39 is 5.79 Å². The largest absolute Gasteiger partial charge is 0.396 e. The molecule has 2 fully saturated rings. The molecule has 122 valence electrons. The number of aliphatic hydroxyl groups is 1. The second kappa shape index (κ2) is 7.70. The summed E-state index contributed by atoms with van der Waals surface area (Å²) in [5, 5.41) is 9.07. The van der Waals surface area contributed by atoms with Gasteiger partial charge in [-0.15, -0.1) is 6.58 Å². The standard InChI is InChI=1S/C16H28O5/c1-4-10-18-12-7-8-14-15(11-19-16(2,3)21-14)20-13(12)6-5-9-17/h4,12-15,17H,1,5-11H2,2-3H3/t12-,13+,14+,15-/m1/s1. The minimum Gasteiger partial charge on any atom is -0.396 e. The van der Waals surface area contributed by atoms with Gasteiger partial charge in [0, 0.05) is 6.61 Å². The Morgan fingerprint density at radius 3 is 2.86 bits per heavy atom. The van der Waals surface area contributed by atoms with Crippen LogP contribution in [-0.4, -0.2) is 55.1 Å². The zero-order valence-electron chi connectivity index (χ0n) is 13.1. The highest BCUT2D eigenvalue weighted by molar-refractivity contribution is 4.87. The third-order valence-corrected chi connectivity index (χ3v) is 4.02. The van der Waals surface area contributed by atoms with E-state index >= 15 is 0 Å². The van der Waals surface area contributed by atoms with Gasteiger partial charge in [0.25, 0.3) is 0 Å². The molecule has 0 radical (unpaired) electrons. The first-order valence-corrected chi connectivity index (χ1v) is 7.86. The van der Waals surface area contributed by atoms with Crippen molar-refractivity contribution in [1.29, 1.82) is 0 Å².